The number of aromatic carboxylic acids is 1. The minimum atomic E-state index is -0.845. The Morgan fingerprint density at radius 1 is 1.27 bits per heavy atom. The van der Waals surface area contributed by atoms with Crippen LogP contribution in [0.15, 0.2) is 28.7 Å². The van der Waals surface area contributed by atoms with Gasteiger partial charge >= 0.3 is 5.97 Å². The monoisotopic (exact) mass is 379 g/mol. The highest BCUT2D eigenvalue weighted by Gasteiger charge is 2.17. The minimum Gasteiger partial charge on any atom is -0.478 e. The van der Waals surface area contributed by atoms with Gasteiger partial charge in [-0.2, -0.15) is 0 Å². The van der Waals surface area contributed by atoms with Crippen molar-refractivity contribution in [3.63, 3.8) is 0 Å². The Hall–Kier alpha value is -1.17. The summed E-state index contributed by atoms with van der Waals surface area (Å²) in [4.78, 5) is 16.3. The number of carbonyl (C=O) groups is 1. The van der Waals surface area contributed by atoms with Gasteiger partial charge in [-0.1, -0.05) is 6.07 Å². The molecular formula is C17H18BrNO2S. The standard InChI is InChI=1S/C17H18BrNO2S/c1-11-8-15(18)16(22-11)10-19-6-4-12-2-3-14(17(20)21)9-13(12)5-7-19/h2-3,8-9H,4-7,10H2,1H3,(H,20,21). The Morgan fingerprint density at radius 3 is 2.64 bits per heavy atom. The molecule has 0 radical (unpaired) electrons. The maximum atomic E-state index is 11.1. The Labute approximate surface area is 142 Å². The van der Waals surface area contributed by atoms with Gasteiger partial charge in [0.1, 0.15) is 0 Å². The van der Waals surface area contributed by atoms with Gasteiger partial charge in [-0.15, -0.1) is 11.3 Å². The fourth-order valence-electron chi connectivity index (χ4n) is 2.91. The van der Waals surface area contributed by atoms with E-state index >= 15 is 0 Å². The third kappa shape index (κ3) is 3.42. The average molecular weight is 380 g/mol. The van der Waals surface area contributed by atoms with Crippen molar-refractivity contribution >= 4 is 33.2 Å². The zero-order chi connectivity index (χ0) is 15.7. The van der Waals surface area contributed by atoms with E-state index in [2.05, 4.69) is 33.8 Å². The van der Waals surface area contributed by atoms with E-state index in [1.807, 2.05) is 23.5 Å². The first kappa shape index (κ1) is 15.7. The molecule has 0 amide bonds. The SMILES string of the molecule is Cc1cc(Br)c(CN2CCc3ccc(C(=O)O)cc3CC2)s1. The molecule has 0 aliphatic carbocycles. The number of hydrogen-bond acceptors (Lipinski definition) is 3. The predicted octanol–water partition coefficient (Wildman–Crippen LogP) is 4.12. The van der Waals surface area contributed by atoms with E-state index in [-0.39, 0.29) is 0 Å². The van der Waals surface area contributed by atoms with Crippen LogP contribution >= 0.6 is 27.3 Å². The number of halogens is 1. The topological polar surface area (TPSA) is 40.5 Å². The average Bonchev–Trinajstić information content (AvgIpc) is 2.69. The quantitative estimate of drug-likeness (QED) is 0.871. The molecule has 2 heterocycles. The molecule has 1 aromatic heterocycles. The first-order valence-electron chi connectivity index (χ1n) is 7.35. The second-order valence-electron chi connectivity index (χ2n) is 5.69. The molecule has 5 heteroatoms. The highest BCUT2D eigenvalue weighted by atomic mass is 79.9. The molecule has 0 fully saturated rings. The first-order valence-corrected chi connectivity index (χ1v) is 8.96. The van der Waals surface area contributed by atoms with Gasteiger partial charge in [0, 0.05) is 33.9 Å². The van der Waals surface area contributed by atoms with Gasteiger partial charge in [0.2, 0.25) is 0 Å². The van der Waals surface area contributed by atoms with Gasteiger partial charge < -0.3 is 5.11 Å². The van der Waals surface area contributed by atoms with Crippen LogP contribution in [0.3, 0.4) is 0 Å². The fraction of sp³-hybridized carbons (Fsp3) is 0.353. The van der Waals surface area contributed by atoms with Crippen molar-refractivity contribution in [2.75, 3.05) is 13.1 Å². The van der Waals surface area contributed by atoms with Crippen molar-refractivity contribution in [2.24, 2.45) is 0 Å². The summed E-state index contributed by atoms with van der Waals surface area (Å²) >= 11 is 5.47. The van der Waals surface area contributed by atoms with Crippen LogP contribution < -0.4 is 0 Å². The molecule has 0 spiro atoms. The molecule has 3 nitrogen and oxygen atoms in total. The molecule has 0 bridgehead atoms. The van der Waals surface area contributed by atoms with E-state index < -0.39 is 5.97 Å². The summed E-state index contributed by atoms with van der Waals surface area (Å²) < 4.78 is 1.20. The van der Waals surface area contributed by atoms with Crippen molar-refractivity contribution in [1.29, 1.82) is 0 Å². The van der Waals surface area contributed by atoms with Crippen LogP contribution in [0.4, 0.5) is 0 Å². The second-order valence-corrected chi connectivity index (χ2v) is 7.89. The van der Waals surface area contributed by atoms with Crippen LogP contribution in [0, 0.1) is 6.92 Å². The Bertz CT molecular complexity index is 711. The molecular weight excluding hydrogens is 362 g/mol. The van der Waals surface area contributed by atoms with Crippen LogP contribution in [0.1, 0.15) is 31.2 Å². The normalized spacial score (nSPS) is 15.4. The third-order valence-corrected chi connectivity index (χ3v) is 6.10. The van der Waals surface area contributed by atoms with Crippen molar-refractivity contribution in [2.45, 2.75) is 26.3 Å². The van der Waals surface area contributed by atoms with Crippen molar-refractivity contribution in [1.82, 2.24) is 4.90 Å². The van der Waals surface area contributed by atoms with Crippen LogP contribution in [0.25, 0.3) is 0 Å². The summed E-state index contributed by atoms with van der Waals surface area (Å²) in [6.07, 6.45) is 1.90. The summed E-state index contributed by atoms with van der Waals surface area (Å²) in [6, 6.07) is 7.71. The number of nitrogens with zero attached hydrogens (tertiary/aromatic N) is 1. The number of carboxylic acid groups (broad SMARTS) is 1. The number of benzene rings is 1. The number of aryl methyl sites for hydroxylation is 1. The minimum absolute atomic E-state index is 0.392. The van der Waals surface area contributed by atoms with E-state index in [0.717, 1.165) is 32.5 Å². The molecule has 1 aliphatic rings. The van der Waals surface area contributed by atoms with Crippen LogP contribution in [-0.2, 0) is 19.4 Å². The summed E-state index contributed by atoms with van der Waals surface area (Å²) in [7, 11) is 0. The maximum Gasteiger partial charge on any atom is 0.335 e. The van der Waals surface area contributed by atoms with Gasteiger partial charge in [0.25, 0.3) is 0 Å². The van der Waals surface area contributed by atoms with Gasteiger partial charge in [0.05, 0.1) is 5.56 Å². The van der Waals surface area contributed by atoms with Crippen LogP contribution in [-0.4, -0.2) is 29.1 Å². The highest BCUT2D eigenvalue weighted by molar-refractivity contribution is 9.10. The molecule has 0 atom stereocenters. The molecule has 2 aromatic rings. The van der Waals surface area contributed by atoms with Crippen LogP contribution in [0.5, 0.6) is 0 Å². The smallest absolute Gasteiger partial charge is 0.335 e. The zero-order valence-electron chi connectivity index (χ0n) is 12.4. The first-order chi connectivity index (χ1) is 10.5. The van der Waals surface area contributed by atoms with Gasteiger partial charge in [0.15, 0.2) is 0 Å². The van der Waals surface area contributed by atoms with Gasteiger partial charge in [-0.25, -0.2) is 4.79 Å². The predicted molar refractivity (Wildman–Crippen MR) is 92.8 cm³/mol. The van der Waals surface area contributed by atoms with Gasteiger partial charge in [-0.05, 0) is 65.0 Å². The summed E-state index contributed by atoms with van der Waals surface area (Å²) in [5.41, 5.74) is 2.86. The van der Waals surface area contributed by atoms with E-state index in [4.69, 9.17) is 5.11 Å². The lowest BCUT2D eigenvalue weighted by Gasteiger charge is -2.19. The van der Waals surface area contributed by atoms with E-state index in [0.29, 0.717) is 5.56 Å². The van der Waals surface area contributed by atoms with Crippen LogP contribution in [0.2, 0.25) is 0 Å². The lowest BCUT2D eigenvalue weighted by atomic mass is 10.0. The number of carboxylic acids is 1. The van der Waals surface area contributed by atoms with Gasteiger partial charge in [-0.3, -0.25) is 4.90 Å². The zero-order valence-corrected chi connectivity index (χ0v) is 14.8. The molecule has 0 saturated carbocycles. The number of rotatable bonds is 3. The Balaban J connectivity index is 1.73. The fourth-order valence-corrected chi connectivity index (χ4v) is 4.74. The molecule has 1 aliphatic heterocycles. The van der Waals surface area contributed by atoms with Crippen molar-refractivity contribution in [3.05, 3.63) is 55.2 Å². The number of hydrogen-bond donors (Lipinski definition) is 1. The molecule has 3 rings (SSSR count). The molecule has 0 unspecified atom stereocenters. The molecule has 116 valence electrons. The molecule has 1 N–H and O–H groups in total. The number of fused-ring (bicyclic) bond motifs is 1. The highest BCUT2D eigenvalue weighted by Crippen LogP contribution is 2.29. The summed E-state index contributed by atoms with van der Waals surface area (Å²) in [5.74, 6) is -0.845. The van der Waals surface area contributed by atoms with Crippen molar-refractivity contribution < 1.29 is 9.90 Å². The number of thiophene rings is 1. The largest absolute Gasteiger partial charge is 0.478 e. The maximum absolute atomic E-state index is 11.1. The lowest BCUT2D eigenvalue weighted by Crippen LogP contribution is -2.25. The third-order valence-electron chi connectivity index (χ3n) is 4.10. The Kier molecular flexibility index (Phi) is 4.66. The van der Waals surface area contributed by atoms with Crippen molar-refractivity contribution in [3.8, 4) is 0 Å². The lowest BCUT2D eigenvalue weighted by molar-refractivity contribution is 0.0696. The summed E-state index contributed by atoms with van der Waals surface area (Å²) in [5, 5.41) is 9.12. The molecule has 22 heavy (non-hydrogen) atoms. The Morgan fingerprint density at radius 2 is 2.00 bits per heavy atom. The summed E-state index contributed by atoms with van der Waals surface area (Å²) in [6.45, 7) is 5.08. The second kappa shape index (κ2) is 6.52. The van der Waals surface area contributed by atoms with E-state index in [1.165, 1.54) is 25.4 Å². The molecule has 0 saturated heterocycles. The van der Waals surface area contributed by atoms with E-state index in [9.17, 15) is 4.79 Å². The van der Waals surface area contributed by atoms with E-state index in [1.54, 1.807) is 6.07 Å². The molecule has 1 aromatic carbocycles.